The number of unbranched alkanes of at least 4 members (excludes halogenated alkanes) is 2. The zero-order valence-electron chi connectivity index (χ0n) is 37.9. The molecule has 14 atom stereocenters. The highest BCUT2D eigenvalue weighted by Crippen LogP contribution is 2.67. The average molecular weight is 819 g/mol. The molecule has 3 saturated carbocycles. The van der Waals surface area contributed by atoms with Crippen LogP contribution < -0.4 is 0 Å². The zero-order valence-corrected chi connectivity index (χ0v) is 37.9. The van der Waals surface area contributed by atoms with E-state index in [1.807, 2.05) is 0 Å². The Balaban J connectivity index is 1.05. The Bertz CT molecular complexity index is 1490. The van der Waals surface area contributed by atoms with Crippen LogP contribution in [0.5, 0.6) is 0 Å². The van der Waals surface area contributed by atoms with Crippen molar-refractivity contribution < 1.29 is 34.3 Å². The fourth-order valence-electron chi connectivity index (χ4n) is 11.6. The molecule has 0 aromatic rings. The van der Waals surface area contributed by atoms with E-state index in [4.69, 9.17) is 14.2 Å². The quantitative estimate of drug-likeness (QED) is 0.0638. The van der Waals surface area contributed by atoms with E-state index in [0.29, 0.717) is 35.5 Å². The van der Waals surface area contributed by atoms with Gasteiger partial charge in [0.05, 0.1) is 6.10 Å². The lowest BCUT2D eigenvalue weighted by Crippen LogP contribution is -2.60. The summed E-state index contributed by atoms with van der Waals surface area (Å²) in [5.41, 5.74) is 2.03. The summed E-state index contributed by atoms with van der Waals surface area (Å²) in [6, 6.07) is 0. The minimum Gasteiger partial charge on any atom is -0.463 e. The predicted molar refractivity (Wildman–Crippen MR) is 239 cm³/mol. The lowest BCUT2D eigenvalue weighted by Gasteiger charge is -2.58. The Hall–Kier alpha value is -2.29. The fourth-order valence-corrected chi connectivity index (χ4v) is 11.6. The molecule has 14 unspecified atom stereocenters. The first-order valence-electron chi connectivity index (χ1n) is 23.8. The number of aliphatic hydroxyl groups excluding tert-OH is 3. The van der Waals surface area contributed by atoms with Crippen LogP contribution in [0.25, 0.3) is 0 Å². The van der Waals surface area contributed by atoms with E-state index in [-0.39, 0.29) is 30.5 Å². The maximum atomic E-state index is 12.6. The largest absolute Gasteiger partial charge is 0.463 e. The number of hydrogen-bond donors (Lipinski definition) is 3. The van der Waals surface area contributed by atoms with Gasteiger partial charge in [-0.15, -0.1) is 0 Å². The van der Waals surface area contributed by atoms with Crippen molar-refractivity contribution in [3.8, 4) is 0 Å². The summed E-state index contributed by atoms with van der Waals surface area (Å²) in [6.07, 6.45) is 34.2. The standard InChI is InChI=1S/C52H82O7/c1-8-9-10-11-12-13-14-15-16-17-18-19-20-21-22-23-46(53)57-35-45-47(54)48(55)49(56)50(59-45)58-40-30-32-51(6)39(34-40)26-27-41-43-29-28-42(52(43,7)33-31-44(41)51)38(5)25-24-37(4)36(2)3/h9-10,12-13,15-16,18-19,24-26,36-38,40-45,47-50,54-56H,8,11,14,17,20-23,27-35H2,1-7H3/b10-9-,13-12-,16-15-,19-18-,25-24+. The van der Waals surface area contributed by atoms with Gasteiger partial charge < -0.3 is 29.5 Å². The number of allylic oxidation sites excluding steroid dienone is 11. The van der Waals surface area contributed by atoms with Gasteiger partial charge >= 0.3 is 5.97 Å². The van der Waals surface area contributed by atoms with E-state index < -0.39 is 30.7 Å². The fraction of sp³-hybridized carbons (Fsp3) is 0.750. The van der Waals surface area contributed by atoms with E-state index in [2.05, 4.69) is 115 Å². The number of hydrogen-bond acceptors (Lipinski definition) is 7. The van der Waals surface area contributed by atoms with Gasteiger partial charge in [0.25, 0.3) is 0 Å². The summed E-state index contributed by atoms with van der Waals surface area (Å²) >= 11 is 0. The second-order valence-electron chi connectivity index (χ2n) is 19.8. The van der Waals surface area contributed by atoms with Crippen LogP contribution in [0.3, 0.4) is 0 Å². The first-order chi connectivity index (χ1) is 28.3. The highest BCUT2D eigenvalue weighted by Gasteiger charge is 2.59. The van der Waals surface area contributed by atoms with E-state index in [0.717, 1.165) is 82.0 Å². The Kier molecular flexibility index (Phi) is 18.4. The van der Waals surface area contributed by atoms with Crippen LogP contribution >= 0.6 is 0 Å². The third kappa shape index (κ3) is 12.2. The van der Waals surface area contributed by atoms with Crippen molar-refractivity contribution in [2.45, 2.75) is 188 Å². The maximum Gasteiger partial charge on any atom is 0.305 e. The Labute approximate surface area is 358 Å². The second kappa shape index (κ2) is 22.7. The summed E-state index contributed by atoms with van der Waals surface area (Å²) in [5, 5.41) is 32.5. The number of carbonyl (C=O) groups is 1. The highest BCUT2D eigenvalue weighted by atomic mass is 16.7. The number of carbonyl (C=O) groups excluding carboxylic acids is 1. The van der Waals surface area contributed by atoms with Crippen molar-refractivity contribution in [2.75, 3.05) is 6.61 Å². The van der Waals surface area contributed by atoms with Gasteiger partial charge in [-0.25, -0.2) is 0 Å². The van der Waals surface area contributed by atoms with Crippen LogP contribution in [0, 0.1) is 52.3 Å². The first kappa shape index (κ1) is 47.8. The minimum atomic E-state index is -1.46. The van der Waals surface area contributed by atoms with E-state index in [1.54, 1.807) is 0 Å². The summed E-state index contributed by atoms with van der Waals surface area (Å²) in [7, 11) is 0. The van der Waals surface area contributed by atoms with Gasteiger partial charge in [0.1, 0.15) is 31.0 Å². The van der Waals surface area contributed by atoms with Gasteiger partial charge in [-0.05, 0) is 149 Å². The van der Waals surface area contributed by atoms with Crippen LogP contribution in [-0.4, -0.2) is 64.7 Å². The molecule has 0 amide bonds. The van der Waals surface area contributed by atoms with E-state index in [9.17, 15) is 20.1 Å². The molecule has 1 aliphatic heterocycles. The molecule has 7 nitrogen and oxygen atoms in total. The molecule has 59 heavy (non-hydrogen) atoms. The Morgan fingerprint density at radius 1 is 0.831 bits per heavy atom. The van der Waals surface area contributed by atoms with Gasteiger partial charge in [0, 0.05) is 6.42 Å². The molecule has 5 rings (SSSR count). The third-order valence-electron chi connectivity index (χ3n) is 15.7. The molecule has 0 spiro atoms. The lowest BCUT2D eigenvalue weighted by molar-refractivity contribution is -0.313. The van der Waals surface area contributed by atoms with Gasteiger partial charge in [0.15, 0.2) is 6.29 Å². The van der Waals surface area contributed by atoms with Crippen molar-refractivity contribution in [2.24, 2.45) is 52.3 Å². The SMILES string of the molecule is CC/C=C\C/C=C\C/C=C\C/C=C\CCCCC(=O)OCC1OC(OC2CCC3(C)C(=CCC4C3CCC3(C)C(C(C)/C=C/C(C)C(C)C)CCC43)C2)C(O)C(O)C1O. The molecule has 0 radical (unpaired) electrons. The lowest BCUT2D eigenvalue weighted by atomic mass is 9.47. The molecule has 7 heteroatoms. The topological polar surface area (TPSA) is 105 Å². The van der Waals surface area contributed by atoms with Crippen molar-refractivity contribution in [1.29, 1.82) is 0 Å². The summed E-state index contributed by atoms with van der Waals surface area (Å²) in [4.78, 5) is 12.6. The van der Waals surface area contributed by atoms with Crippen LogP contribution in [0.2, 0.25) is 0 Å². The first-order valence-corrected chi connectivity index (χ1v) is 23.8. The van der Waals surface area contributed by atoms with Gasteiger partial charge in [-0.1, -0.05) is 121 Å². The van der Waals surface area contributed by atoms with E-state index in [1.165, 1.54) is 31.3 Å². The molecule has 332 valence electrons. The van der Waals surface area contributed by atoms with E-state index >= 15 is 0 Å². The number of ether oxygens (including phenoxy) is 3. The van der Waals surface area contributed by atoms with Gasteiger partial charge in [-0.2, -0.15) is 0 Å². The van der Waals surface area contributed by atoms with Gasteiger partial charge in [-0.3, -0.25) is 4.79 Å². The molecule has 0 bridgehead atoms. The number of fused-ring (bicyclic) bond motifs is 5. The summed E-state index contributed by atoms with van der Waals surface area (Å²) in [6.45, 7) is 16.5. The third-order valence-corrected chi connectivity index (χ3v) is 15.7. The monoisotopic (exact) mass is 819 g/mol. The molecular formula is C52H82O7. The molecule has 1 heterocycles. The van der Waals surface area contributed by atoms with Crippen molar-refractivity contribution in [3.63, 3.8) is 0 Å². The Morgan fingerprint density at radius 2 is 1.53 bits per heavy atom. The maximum absolute atomic E-state index is 12.6. The molecule has 4 aliphatic carbocycles. The van der Waals surface area contributed by atoms with Crippen LogP contribution in [0.4, 0.5) is 0 Å². The van der Waals surface area contributed by atoms with Crippen LogP contribution in [0.1, 0.15) is 151 Å². The average Bonchev–Trinajstić information content (AvgIpc) is 3.58. The summed E-state index contributed by atoms with van der Waals surface area (Å²) in [5.74, 6) is 4.47. The highest BCUT2D eigenvalue weighted by molar-refractivity contribution is 5.69. The van der Waals surface area contributed by atoms with Crippen LogP contribution in [-0.2, 0) is 19.0 Å². The number of esters is 1. The molecule has 3 N–H and O–H groups in total. The molecule has 5 aliphatic rings. The number of aliphatic hydroxyl groups is 3. The number of rotatable bonds is 20. The normalized spacial score (nSPS) is 37.4. The Morgan fingerprint density at radius 3 is 2.22 bits per heavy atom. The van der Waals surface area contributed by atoms with Crippen LogP contribution in [0.15, 0.2) is 72.4 Å². The van der Waals surface area contributed by atoms with Crippen molar-refractivity contribution in [1.82, 2.24) is 0 Å². The molecule has 0 aromatic carbocycles. The van der Waals surface area contributed by atoms with Gasteiger partial charge in [0.2, 0.25) is 0 Å². The molecule has 0 aromatic heterocycles. The zero-order chi connectivity index (χ0) is 42.6. The van der Waals surface area contributed by atoms with Crippen molar-refractivity contribution >= 4 is 5.97 Å². The molecule has 1 saturated heterocycles. The molecule has 4 fully saturated rings. The smallest absolute Gasteiger partial charge is 0.305 e. The summed E-state index contributed by atoms with van der Waals surface area (Å²) < 4.78 is 18.0. The minimum absolute atomic E-state index is 0.148. The van der Waals surface area contributed by atoms with Crippen molar-refractivity contribution in [3.05, 3.63) is 72.4 Å². The predicted octanol–water partition coefficient (Wildman–Crippen LogP) is 11.2. The molecular weight excluding hydrogens is 737 g/mol. The second-order valence-corrected chi connectivity index (χ2v) is 19.8.